The van der Waals surface area contributed by atoms with E-state index in [-0.39, 0.29) is 18.5 Å². The second kappa shape index (κ2) is 5.92. The van der Waals surface area contributed by atoms with Crippen molar-refractivity contribution >= 4 is 16.0 Å². The quantitative estimate of drug-likeness (QED) is 0.760. The zero-order chi connectivity index (χ0) is 14.8. The topological polar surface area (TPSA) is 89.7 Å². The van der Waals surface area contributed by atoms with Gasteiger partial charge in [0, 0.05) is 19.2 Å². The Morgan fingerprint density at radius 1 is 1.50 bits per heavy atom. The minimum atomic E-state index is -3.17. The van der Waals surface area contributed by atoms with Gasteiger partial charge in [-0.2, -0.15) is 0 Å². The number of esters is 1. The van der Waals surface area contributed by atoms with Crippen LogP contribution < -0.4 is 0 Å². The van der Waals surface area contributed by atoms with Crippen molar-refractivity contribution in [3.8, 4) is 0 Å². The monoisotopic (exact) mass is 302 g/mol. The van der Waals surface area contributed by atoms with Crippen LogP contribution in [0.2, 0.25) is 0 Å². The van der Waals surface area contributed by atoms with Crippen LogP contribution in [0, 0.1) is 12.8 Å². The molecule has 0 unspecified atom stereocenters. The molecule has 0 atom stereocenters. The average molecular weight is 302 g/mol. The summed E-state index contributed by atoms with van der Waals surface area (Å²) in [6.07, 6.45) is 2.15. The first kappa shape index (κ1) is 15.0. The van der Waals surface area contributed by atoms with Gasteiger partial charge in [0.1, 0.15) is 0 Å². The summed E-state index contributed by atoms with van der Waals surface area (Å²) in [5, 5.41) is 3.70. The molecule has 1 aliphatic rings. The number of hydrogen-bond donors (Lipinski definition) is 0. The summed E-state index contributed by atoms with van der Waals surface area (Å²) >= 11 is 0. The summed E-state index contributed by atoms with van der Waals surface area (Å²) in [6, 6.07) is 1.71. The molecule has 0 radical (unpaired) electrons. The lowest BCUT2D eigenvalue weighted by atomic mass is 9.98. The molecule has 1 aromatic rings. The van der Waals surface area contributed by atoms with Crippen LogP contribution in [0.1, 0.15) is 24.3 Å². The number of ether oxygens (including phenoxy) is 1. The van der Waals surface area contributed by atoms with Crippen LogP contribution in [-0.2, 0) is 26.2 Å². The van der Waals surface area contributed by atoms with Gasteiger partial charge in [-0.05, 0) is 19.8 Å². The smallest absolute Gasteiger partial charge is 0.309 e. The van der Waals surface area contributed by atoms with Gasteiger partial charge in [-0.3, -0.25) is 4.79 Å². The fourth-order valence-electron chi connectivity index (χ4n) is 2.17. The van der Waals surface area contributed by atoms with Crippen molar-refractivity contribution in [1.82, 2.24) is 9.46 Å². The summed E-state index contributed by atoms with van der Waals surface area (Å²) in [5.41, 5.74) is 0.734. The predicted molar refractivity (Wildman–Crippen MR) is 70.2 cm³/mol. The van der Waals surface area contributed by atoms with Gasteiger partial charge in [-0.1, -0.05) is 5.16 Å². The van der Waals surface area contributed by atoms with Gasteiger partial charge in [-0.15, -0.1) is 0 Å². The molecule has 0 spiro atoms. The van der Waals surface area contributed by atoms with Crippen molar-refractivity contribution in [2.45, 2.75) is 26.4 Å². The van der Waals surface area contributed by atoms with E-state index in [4.69, 9.17) is 9.26 Å². The molecule has 0 aliphatic carbocycles. The largest absolute Gasteiger partial charge is 0.457 e. The number of aryl methyl sites for hydroxylation is 1. The molecule has 0 saturated carbocycles. The van der Waals surface area contributed by atoms with E-state index >= 15 is 0 Å². The molecule has 2 rings (SSSR count). The second-order valence-electron chi connectivity index (χ2n) is 4.98. The summed E-state index contributed by atoms with van der Waals surface area (Å²) in [6.45, 7) is 2.57. The fraction of sp³-hybridized carbons (Fsp3) is 0.667. The highest BCUT2D eigenvalue weighted by Gasteiger charge is 2.29. The number of carbonyl (C=O) groups excluding carboxylic acids is 1. The lowest BCUT2D eigenvalue weighted by Crippen LogP contribution is -2.40. The lowest BCUT2D eigenvalue weighted by molar-refractivity contribution is -0.151. The molecule has 8 heteroatoms. The molecular formula is C12H18N2O5S. The Morgan fingerprint density at radius 2 is 2.15 bits per heavy atom. The van der Waals surface area contributed by atoms with E-state index in [0.717, 1.165) is 5.69 Å². The molecule has 1 saturated heterocycles. The fourth-order valence-corrected chi connectivity index (χ4v) is 3.04. The first-order chi connectivity index (χ1) is 9.36. The number of sulfonamides is 1. The number of carbonyl (C=O) groups is 1. The summed E-state index contributed by atoms with van der Waals surface area (Å²) in [4.78, 5) is 11.9. The van der Waals surface area contributed by atoms with Crippen molar-refractivity contribution in [3.63, 3.8) is 0 Å². The van der Waals surface area contributed by atoms with E-state index in [1.807, 2.05) is 0 Å². The van der Waals surface area contributed by atoms with Crippen LogP contribution in [0.4, 0.5) is 0 Å². The number of aromatic nitrogens is 1. The maximum absolute atomic E-state index is 11.9. The first-order valence-electron chi connectivity index (χ1n) is 6.40. The van der Waals surface area contributed by atoms with E-state index in [2.05, 4.69) is 5.16 Å². The molecule has 0 amide bonds. The molecule has 1 aromatic heterocycles. The maximum atomic E-state index is 11.9. The Kier molecular flexibility index (Phi) is 4.44. The summed E-state index contributed by atoms with van der Waals surface area (Å²) < 4.78 is 34.2. The molecule has 0 N–H and O–H groups in total. The third kappa shape index (κ3) is 3.80. The predicted octanol–water partition coefficient (Wildman–Crippen LogP) is 0.698. The SMILES string of the molecule is Cc1cc(COC(=O)C2CCN(S(C)(=O)=O)CC2)on1. The second-order valence-corrected chi connectivity index (χ2v) is 6.96. The summed E-state index contributed by atoms with van der Waals surface area (Å²) in [7, 11) is -3.17. The van der Waals surface area contributed by atoms with Crippen LogP contribution in [0.15, 0.2) is 10.6 Å². The van der Waals surface area contributed by atoms with Crippen molar-refractivity contribution in [3.05, 3.63) is 17.5 Å². The highest BCUT2D eigenvalue weighted by Crippen LogP contribution is 2.21. The van der Waals surface area contributed by atoms with Crippen molar-refractivity contribution in [2.24, 2.45) is 5.92 Å². The van der Waals surface area contributed by atoms with Crippen LogP contribution in [-0.4, -0.2) is 43.2 Å². The number of rotatable bonds is 4. The standard InChI is InChI=1S/C12H18N2O5S/c1-9-7-11(19-13-9)8-18-12(15)10-3-5-14(6-4-10)20(2,16)17/h7,10H,3-6,8H2,1-2H3. The number of hydrogen-bond acceptors (Lipinski definition) is 6. The zero-order valence-electron chi connectivity index (χ0n) is 11.5. The summed E-state index contributed by atoms with van der Waals surface area (Å²) in [5.74, 6) is -0.0614. The molecule has 0 aromatic carbocycles. The zero-order valence-corrected chi connectivity index (χ0v) is 12.4. The Labute approximate surface area is 117 Å². The van der Waals surface area contributed by atoms with E-state index in [9.17, 15) is 13.2 Å². The van der Waals surface area contributed by atoms with Gasteiger partial charge >= 0.3 is 5.97 Å². The van der Waals surface area contributed by atoms with Gasteiger partial charge in [-0.25, -0.2) is 12.7 Å². The van der Waals surface area contributed by atoms with Crippen LogP contribution in [0.25, 0.3) is 0 Å². The van der Waals surface area contributed by atoms with Gasteiger partial charge in [0.15, 0.2) is 12.4 Å². The Balaban J connectivity index is 1.80. The Morgan fingerprint density at radius 3 is 2.65 bits per heavy atom. The average Bonchev–Trinajstić information content (AvgIpc) is 2.81. The third-order valence-corrected chi connectivity index (χ3v) is 4.59. The van der Waals surface area contributed by atoms with Gasteiger partial charge in [0.2, 0.25) is 10.0 Å². The van der Waals surface area contributed by atoms with E-state index < -0.39 is 10.0 Å². The van der Waals surface area contributed by atoms with Crippen LogP contribution >= 0.6 is 0 Å². The molecular weight excluding hydrogens is 284 g/mol. The highest BCUT2D eigenvalue weighted by molar-refractivity contribution is 7.88. The van der Waals surface area contributed by atoms with E-state index in [1.165, 1.54) is 10.6 Å². The molecule has 7 nitrogen and oxygen atoms in total. The molecule has 20 heavy (non-hydrogen) atoms. The van der Waals surface area contributed by atoms with Gasteiger partial charge < -0.3 is 9.26 Å². The van der Waals surface area contributed by atoms with E-state index in [1.54, 1.807) is 13.0 Å². The van der Waals surface area contributed by atoms with Crippen molar-refractivity contribution < 1.29 is 22.5 Å². The lowest BCUT2D eigenvalue weighted by Gasteiger charge is -2.28. The van der Waals surface area contributed by atoms with Gasteiger partial charge in [0.25, 0.3) is 0 Å². The normalized spacial score (nSPS) is 18.1. The van der Waals surface area contributed by atoms with Crippen LogP contribution in [0.3, 0.4) is 0 Å². The van der Waals surface area contributed by atoms with Crippen molar-refractivity contribution in [1.29, 1.82) is 0 Å². The Hall–Kier alpha value is -1.41. The molecule has 1 fully saturated rings. The number of nitrogens with zero attached hydrogens (tertiary/aromatic N) is 2. The third-order valence-electron chi connectivity index (χ3n) is 3.29. The molecule has 2 heterocycles. The molecule has 0 bridgehead atoms. The van der Waals surface area contributed by atoms with Crippen LogP contribution in [0.5, 0.6) is 0 Å². The highest BCUT2D eigenvalue weighted by atomic mass is 32.2. The minimum absolute atomic E-state index is 0.0615. The first-order valence-corrected chi connectivity index (χ1v) is 8.25. The van der Waals surface area contributed by atoms with E-state index in [0.29, 0.717) is 31.7 Å². The Bertz CT molecular complexity index is 572. The molecule has 1 aliphatic heterocycles. The molecule has 112 valence electrons. The minimum Gasteiger partial charge on any atom is -0.457 e. The number of piperidine rings is 1. The van der Waals surface area contributed by atoms with Gasteiger partial charge in [0.05, 0.1) is 17.9 Å². The maximum Gasteiger partial charge on any atom is 0.309 e. The van der Waals surface area contributed by atoms with Crippen molar-refractivity contribution in [2.75, 3.05) is 19.3 Å².